The molecule has 5 heteroatoms. The quantitative estimate of drug-likeness (QED) is 0.942. The van der Waals surface area contributed by atoms with Crippen molar-refractivity contribution in [1.29, 1.82) is 0 Å². The van der Waals surface area contributed by atoms with E-state index in [1.165, 1.54) is 23.3 Å². The Morgan fingerprint density at radius 3 is 2.39 bits per heavy atom. The van der Waals surface area contributed by atoms with Crippen LogP contribution in [-0.4, -0.2) is 20.6 Å². The van der Waals surface area contributed by atoms with Gasteiger partial charge in [0.25, 0.3) is 5.91 Å². The van der Waals surface area contributed by atoms with Gasteiger partial charge in [0.1, 0.15) is 0 Å². The minimum atomic E-state index is -3.25. The van der Waals surface area contributed by atoms with Crippen LogP contribution in [0.1, 0.15) is 34.5 Å². The van der Waals surface area contributed by atoms with Gasteiger partial charge in [0.15, 0.2) is 9.84 Å². The number of fused-ring (bicyclic) bond motifs is 1. The molecule has 4 nitrogen and oxygen atoms in total. The molecule has 2 aromatic rings. The smallest absolute Gasteiger partial charge is 0.251 e. The second-order valence-corrected chi connectivity index (χ2v) is 8.14. The van der Waals surface area contributed by atoms with E-state index in [0.29, 0.717) is 11.5 Å². The summed E-state index contributed by atoms with van der Waals surface area (Å²) in [4.78, 5) is 12.7. The fraction of sp³-hybridized carbons (Fsp3) is 0.278. The van der Waals surface area contributed by atoms with Crippen LogP contribution in [0.15, 0.2) is 53.4 Å². The standard InChI is InChI=1S/C18H19NO3S/c1-12-11-14-5-3-4-6-16(14)17(12)19-18(20)13-7-9-15(10-8-13)23(2,21)22/h3-10,12,17H,11H2,1-2H3,(H,19,20). The molecular formula is C18H19NO3S. The zero-order chi connectivity index (χ0) is 16.6. The SMILES string of the molecule is CC1Cc2ccccc2C1NC(=O)c1ccc(S(C)(=O)=O)cc1. The van der Waals surface area contributed by atoms with Gasteiger partial charge in [-0.15, -0.1) is 0 Å². The second kappa shape index (κ2) is 5.81. The summed E-state index contributed by atoms with van der Waals surface area (Å²) in [5.74, 6) is 0.158. The molecule has 0 saturated heterocycles. The number of rotatable bonds is 3. The molecule has 3 rings (SSSR count). The van der Waals surface area contributed by atoms with Crippen molar-refractivity contribution in [3.8, 4) is 0 Å². The van der Waals surface area contributed by atoms with Crippen molar-refractivity contribution in [2.75, 3.05) is 6.26 Å². The molecule has 0 spiro atoms. The number of nitrogens with one attached hydrogen (secondary N) is 1. The monoisotopic (exact) mass is 329 g/mol. The summed E-state index contributed by atoms with van der Waals surface area (Å²) < 4.78 is 22.9. The lowest BCUT2D eigenvalue weighted by molar-refractivity contribution is 0.0927. The van der Waals surface area contributed by atoms with Gasteiger partial charge in [-0.3, -0.25) is 4.79 Å². The number of amides is 1. The highest BCUT2D eigenvalue weighted by molar-refractivity contribution is 7.90. The molecule has 1 aliphatic carbocycles. The first kappa shape index (κ1) is 15.7. The predicted molar refractivity (Wildman–Crippen MR) is 89.1 cm³/mol. The van der Waals surface area contributed by atoms with Crippen LogP contribution in [0.3, 0.4) is 0 Å². The van der Waals surface area contributed by atoms with Crippen LogP contribution in [0.5, 0.6) is 0 Å². The number of sulfone groups is 1. The molecule has 1 N–H and O–H groups in total. The molecule has 0 fully saturated rings. The second-order valence-electron chi connectivity index (χ2n) is 6.13. The summed E-state index contributed by atoms with van der Waals surface area (Å²) >= 11 is 0. The number of carbonyl (C=O) groups excluding carboxylic acids is 1. The van der Waals surface area contributed by atoms with Crippen LogP contribution in [0, 0.1) is 5.92 Å². The molecule has 23 heavy (non-hydrogen) atoms. The maximum absolute atomic E-state index is 12.5. The summed E-state index contributed by atoms with van der Waals surface area (Å²) in [5.41, 5.74) is 2.91. The van der Waals surface area contributed by atoms with Gasteiger partial charge in [-0.1, -0.05) is 31.2 Å². The van der Waals surface area contributed by atoms with Crippen molar-refractivity contribution >= 4 is 15.7 Å². The van der Waals surface area contributed by atoms with Crippen molar-refractivity contribution in [1.82, 2.24) is 5.32 Å². The molecule has 1 aliphatic rings. The third kappa shape index (κ3) is 3.15. The molecule has 0 aromatic heterocycles. The van der Waals surface area contributed by atoms with E-state index in [1.807, 2.05) is 12.1 Å². The van der Waals surface area contributed by atoms with Crippen molar-refractivity contribution < 1.29 is 13.2 Å². The van der Waals surface area contributed by atoms with Gasteiger partial charge < -0.3 is 5.32 Å². The van der Waals surface area contributed by atoms with Crippen molar-refractivity contribution in [3.05, 3.63) is 65.2 Å². The highest BCUT2D eigenvalue weighted by Gasteiger charge is 2.30. The summed E-state index contributed by atoms with van der Waals surface area (Å²) in [6.45, 7) is 2.12. The summed E-state index contributed by atoms with van der Waals surface area (Å²) in [5, 5.41) is 3.07. The van der Waals surface area contributed by atoms with E-state index in [4.69, 9.17) is 0 Å². The van der Waals surface area contributed by atoms with E-state index in [1.54, 1.807) is 12.1 Å². The van der Waals surface area contributed by atoms with Gasteiger partial charge in [-0.2, -0.15) is 0 Å². The molecule has 0 aliphatic heterocycles. The maximum Gasteiger partial charge on any atom is 0.251 e. The van der Waals surface area contributed by atoms with E-state index in [9.17, 15) is 13.2 Å². The fourth-order valence-corrected chi connectivity index (χ4v) is 3.72. The first-order chi connectivity index (χ1) is 10.9. The molecule has 0 saturated carbocycles. The van der Waals surface area contributed by atoms with Gasteiger partial charge in [-0.25, -0.2) is 8.42 Å². The van der Waals surface area contributed by atoms with E-state index in [-0.39, 0.29) is 16.8 Å². The molecular weight excluding hydrogens is 310 g/mol. The zero-order valence-electron chi connectivity index (χ0n) is 13.1. The van der Waals surface area contributed by atoms with Crippen LogP contribution in [0.4, 0.5) is 0 Å². The summed E-state index contributed by atoms with van der Waals surface area (Å²) in [6.07, 6.45) is 2.10. The zero-order valence-corrected chi connectivity index (χ0v) is 13.9. The topological polar surface area (TPSA) is 63.2 Å². The number of benzene rings is 2. The lowest BCUT2D eigenvalue weighted by Crippen LogP contribution is -2.30. The third-order valence-corrected chi connectivity index (χ3v) is 5.46. The third-order valence-electron chi connectivity index (χ3n) is 4.33. The molecule has 0 bridgehead atoms. The van der Waals surface area contributed by atoms with E-state index < -0.39 is 9.84 Å². The average molecular weight is 329 g/mol. The minimum absolute atomic E-state index is 0.00622. The largest absolute Gasteiger partial charge is 0.345 e. The van der Waals surface area contributed by atoms with Crippen molar-refractivity contribution in [2.24, 2.45) is 5.92 Å². The van der Waals surface area contributed by atoms with Crippen LogP contribution >= 0.6 is 0 Å². The molecule has 2 unspecified atom stereocenters. The Kier molecular flexibility index (Phi) is 3.98. The molecule has 2 atom stereocenters. The Labute approximate surface area is 136 Å². The lowest BCUT2D eigenvalue weighted by Gasteiger charge is -2.19. The van der Waals surface area contributed by atoms with Gasteiger partial charge in [-0.05, 0) is 47.7 Å². The number of carbonyl (C=O) groups is 1. The molecule has 1 amide bonds. The Balaban J connectivity index is 1.80. The van der Waals surface area contributed by atoms with E-state index in [2.05, 4.69) is 24.4 Å². The fourth-order valence-electron chi connectivity index (χ4n) is 3.09. The summed E-state index contributed by atoms with van der Waals surface area (Å²) in [7, 11) is -3.25. The van der Waals surface area contributed by atoms with E-state index in [0.717, 1.165) is 12.7 Å². The number of hydrogen-bond donors (Lipinski definition) is 1. The first-order valence-corrected chi connectivity index (χ1v) is 9.44. The van der Waals surface area contributed by atoms with Gasteiger partial charge in [0.2, 0.25) is 0 Å². The summed E-state index contributed by atoms with van der Waals surface area (Å²) in [6, 6.07) is 14.2. The van der Waals surface area contributed by atoms with Gasteiger partial charge in [0, 0.05) is 11.8 Å². The highest BCUT2D eigenvalue weighted by atomic mass is 32.2. The lowest BCUT2D eigenvalue weighted by atomic mass is 10.0. The van der Waals surface area contributed by atoms with Gasteiger partial charge >= 0.3 is 0 Å². The minimum Gasteiger partial charge on any atom is -0.345 e. The molecule has 0 heterocycles. The molecule has 2 aromatic carbocycles. The molecule has 0 radical (unpaired) electrons. The first-order valence-electron chi connectivity index (χ1n) is 7.55. The molecule has 120 valence electrons. The Morgan fingerprint density at radius 2 is 1.74 bits per heavy atom. The Hall–Kier alpha value is -2.14. The van der Waals surface area contributed by atoms with Crippen LogP contribution in [0.2, 0.25) is 0 Å². The van der Waals surface area contributed by atoms with E-state index >= 15 is 0 Å². The van der Waals surface area contributed by atoms with Crippen LogP contribution < -0.4 is 5.32 Å². The highest BCUT2D eigenvalue weighted by Crippen LogP contribution is 2.35. The maximum atomic E-state index is 12.5. The normalized spacial score (nSPS) is 20.1. The predicted octanol–water partition coefficient (Wildman–Crippen LogP) is 2.75. The van der Waals surface area contributed by atoms with Crippen LogP contribution in [0.25, 0.3) is 0 Å². The number of hydrogen-bond acceptors (Lipinski definition) is 3. The van der Waals surface area contributed by atoms with Gasteiger partial charge in [0.05, 0.1) is 10.9 Å². The van der Waals surface area contributed by atoms with Crippen LogP contribution in [-0.2, 0) is 16.3 Å². The Bertz CT molecular complexity index is 841. The van der Waals surface area contributed by atoms with Crippen molar-refractivity contribution in [3.63, 3.8) is 0 Å². The Morgan fingerprint density at radius 1 is 1.09 bits per heavy atom. The average Bonchev–Trinajstić information content (AvgIpc) is 2.82. The van der Waals surface area contributed by atoms with Crippen molar-refractivity contribution in [2.45, 2.75) is 24.3 Å².